The second-order valence-corrected chi connectivity index (χ2v) is 8.09. The van der Waals surface area contributed by atoms with E-state index in [4.69, 9.17) is 0 Å². The molecule has 0 aliphatic carbocycles. The van der Waals surface area contributed by atoms with Crippen molar-refractivity contribution in [3.8, 4) is 0 Å². The van der Waals surface area contributed by atoms with E-state index in [1.807, 2.05) is 0 Å². The number of hydrogen-bond acceptors (Lipinski definition) is 2. The molecule has 0 aromatic rings. The Balaban J connectivity index is 4.48. The Morgan fingerprint density at radius 3 is 1.08 bits per heavy atom. The van der Waals surface area contributed by atoms with Crippen molar-refractivity contribution >= 4 is 7.56 Å². The van der Waals surface area contributed by atoms with Gasteiger partial charge in [0.05, 0.1) is 0 Å². The third-order valence-corrected chi connectivity index (χ3v) is 7.44. The normalized spacial score (nSPS) is 14.2. The SMILES string of the molecule is CCN(CC)[PH](C)(C)N(CC)CC. The summed E-state index contributed by atoms with van der Waals surface area (Å²) in [7, 11) is -1.30. The fraction of sp³-hybridized carbons (Fsp3) is 1.00. The number of hydrogen-bond donors (Lipinski definition) is 0. The molecule has 3 heteroatoms. The van der Waals surface area contributed by atoms with E-state index in [0.717, 1.165) is 0 Å². The van der Waals surface area contributed by atoms with Gasteiger partial charge in [0.25, 0.3) is 0 Å². The summed E-state index contributed by atoms with van der Waals surface area (Å²) in [6.07, 6.45) is 0. The molecule has 0 spiro atoms. The summed E-state index contributed by atoms with van der Waals surface area (Å²) in [6, 6.07) is 0. The molecule has 0 aliphatic rings. The van der Waals surface area contributed by atoms with E-state index in [2.05, 4.69) is 50.4 Å². The van der Waals surface area contributed by atoms with Gasteiger partial charge in [0.15, 0.2) is 0 Å². The predicted molar refractivity (Wildman–Crippen MR) is 66.0 cm³/mol. The van der Waals surface area contributed by atoms with E-state index < -0.39 is 7.56 Å². The van der Waals surface area contributed by atoms with Gasteiger partial charge in [-0.3, -0.25) is 0 Å². The molecule has 0 radical (unpaired) electrons. The average Bonchev–Trinajstić information content (AvgIpc) is 2.07. The van der Waals surface area contributed by atoms with Gasteiger partial charge in [0.2, 0.25) is 0 Å². The first kappa shape index (κ1) is 13.4. The summed E-state index contributed by atoms with van der Waals surface area (Å²) < 4.78 is 5.28. The van der Waals surface area contributed by atoms with Crippen molar-refractivity contribution in [2.75, 3.05) is 39.5 Å². The topological polar surface area (TPSA) is 6.48 Å². The second-order valence-electron chi connectivity index (χ2n) is 3.84. The van der Waals surface area contributed by atoms with Crippen LogP contribution in [0.3, 0.4) is 0 Å². The molecule has 0 atom stereocenters. The van der Waals surface area contributed by atoms with Crippen molar-refractivity contribution < 1.29 is 0 Å². The number of rotatable bonds is 6. The van der Waals surface area contributed by atoms with Crippen molar-refractivity contribution in [1.82, 2.24) is 9.34 Å². The van der Waals surface area contributed by atoms with Crippen LogP contribution in [0.1, 0.15) is 27.7 Å². The van der Waals surface area contributed by atoms with Crippen molar-refractivity contribution in [3.63, 3.8) is 0 Å². The van der Waals surface area contributed by atoms with Gasteiger partial charge in [-0.15, -0.1) is 0 Å². The molecule has 0 rings (SSSR count). The first-order valence-electron chi connectivity index (χ1n) is 5.54. The fourth-order valence-electron chi connectivity index (χ4n) is 2.19. The van der Waals surface area contributed by atoms with Crippen LogP contribution in [-0.4, -0.2) is 48.8 Å². The first-order valence-corrected chi connectivity index (χ1v) is 8.43. The Morgan fingerprint density at radius 2 is 0.923 bits per heavy atom. The standard InChI is InChI=1S/C10H27N2P/c1-7-11(8-2)13(5,6)12(9-3)10-4/h13H,7-10H2,1-6H3. The molecule has 0 saturated carbocycles. The molecule has 0 N–H and O–H groups in total. The first-order chi connectivity index (χ1) is 6.04. The molecule has 0 aromatic heterocycles. The molecule has 0 unspecified atom stereocenters. The van der Waals surface area contributed by atoms with Gasteiger partial charge in [0.1, 0.15) is 0 Å². The van der Waals surface area contributed by atoms with E-state index in [0.29, 0.717) is 0 Å². The van der Waals surface area contributed by atoms with E-state index >= 15 is 0 Å². The van der Waals surface area contributed by atoms with Gasteiger partial charge in [-0.05, 0) is 0 Å². The zero-order valence-electron chi connectivity index (χ0n) is 10.2. The molecule has 0 saturated heterocycles. The van der Waals surface area contributed by atoms with Crippen molar-refractivity contribution in [2.45, 2.75) is 27.7 Å². The zero-order chi connectivity index (χ0) is 10.5. The zero-order valence-corrected chi connectivity index (χ0v) is 11.2. The Bertz CT molecular complexity index is 115. The van der Waals surface area contributed by atoms with Crippen molar-refractivity contribution in [3.05, 3.63) is 0 Å². The van der Waals surface area contributed by atoms with Crippen molar-refractivity contribution in [2.24, 2.45) is 0 Å². The van der Waals surface area contributed by atoms with E-state index in [1.165, 1.54) is 26.2 Å². The van der Waals surface area contributed by atoms with Gasteiger partial charge >= 0.3 is 84.1 Å². The van der Waals surface area contributed by atoms with Crippen LogP contribution < -0.4 is 0 Å². The maximum atomic E-state index is 2.64. The molecule has 82 valence electrons. The summed E-state index contributed by atoms with van der Waals surface area (Å²) in [4.78, 5) is 0. The summed E-state index contributed by atoms with van der Waals surface area (Å²) in [5.41, 5.74) is 0. The quantitative estimate of drug-likeness (QED) is 0.616. The molecule has 0 bridgehead atoms. The van der Waals surface area contributed by atoms with Gasteiger partial charge in [-0.2, -0.15) is 0 Å². The van der Waals surface area contributed by atoms with Crippen LogP contribution in [0.2, 0.25) is 0 Å². The van der Waals surface area contributed by atoms with Crippen LogP contribution in [0.5, 0.6) is 0 Å². The Hall–Kier alpha value is 0.350. The summed E-state index contributed by atoms with van der Waals surface area (Å²) in [6.45, 7) is 18.7. The molecule has 2 nitrogen and oxygen atoms in total. The molecule has 13 heavy (non-hydrogen) atoms. The van der Waals surface area contributed by atoms with Crippen LogP contribution in [0.15, 0.2) is 0 Å². The van der Waals surface area contributed by atoms with E-state index in [9.17, 15) is 0 Å². The Labute approximate surface area is 84.7 Å². The molecule has 0 heterocycles. The molecule has 0 aromatic carbocycles. The van der Waals surface area contributed by atoms with Gasteiger partial charge in [-0.1, -0.05) is 0 Å². The molecule has 0 aliphatic heterocycles. The van der Waals surface area contributed by atoms with Gasteiger partial charge in [-0.25, -0.2) is 0 Å². The molecular weight excluding hydrogens is 179 g/mol. The van der Waals surface area contributed by atoms with Crippen LogP contribution in [0.25, 0.3) is 0 Å². The third-order valence-electron chi connectivity index (χ3n) is 3.07. The summed E-state index contributed by atoms with van der Waals surface area (Å²) >= 11 is 0. The van der Waals surface area contributed by atoms with E-state index in [1.54, 1.807) is 0 Å². The third kappa shape index (κ3) is 3.19. The molecular formula is C10H27N2P. The minimum atomic E-state index is -1.30. The second kappa shape index (κ2) is 5.95. The average molecular weight is 206 g/mol. The maximum absolute atomic E-state index is 2.64. The van der Waals surface area contributed by atoms with E-state index in [-0.39, 0.29) is 0 Å². The molecule has 0 amide bonds. The molecule has 0 fully saturated rings. The van der Waals surface area contributed by atoms with Crippen LogP contribution >= 0.6 is 7.56 Å². The van der Waals surface area contributed by atoms with Gasteiger partial charge in [0, 0.05) is 0 Å². The predicted octanol–water partition coefficient (Wildman–Crippen LogP) is 2.51. The van der Waals surface area contributed by atoms with Crippen LogP contribution in [0, 0.1) is 0 Å². The number of nitrogens with zero attached hydrogens (tertiary/aromatic N) is 2. The monoisotopic (exact) mass is 206 g/mol. The summed E-state index contributed by atoms with van der Waals surface area (Å²) in [5.74, 6) is 0. The van der Waals surface area contributed by atoms with Crippen LogP contribution in [0.4, 0.5) is 0 Å². The minimum absolute atomic E-state index is 1.19. The summed E-state index contributed by atoms with van der Waals surface area (Å²) in [5, 5.41) is 0. The van der Waals surface area contributed by atoms with Gasteiger partial charge < -0.3 is 0 Å². The Kier molecular flexibility index (Phi) is 6.11. The Morgan fingerprint density at radius 1 is 0.692 bits per heavy atom. The fourth-order valence-corrected chi connectivity index (χ4v) is 5.69. The van der Waals surface area contributed by atoms with Crippen LogP contribution in [-0.2, 0) is 0 Å². The van der Waals surface area contributed by atoms with Crippen molar-refractivity contribution in [1.29, 1.82) is 0 Å².